The Morgan fingerprint density at radius 1 is 1.44 bits per heavy atom. The maximum atomic E-state index is 14.1. The minimum Gasteiger partial charge on any atom is -0.379 e. The van der Waals surface area contributed by atoms with Crippen LogP contribution in [0.1, 0.15) is 25.8 Å². The Morgan fingerprint density at radius 2 is 2.11 bits per heavy atom. The SMILES string of the molecule is CC(C)(CN)CC1(c2cc(Br)ccc2F)COC1. The molecule has 1 fully saturated rings. The van der Waals surface area contributed by atoms with E-state index in [1.165, 1.54) is 6.07 Å². The van der Waals surface area contributed by atoms with Crippen LogP contribution in [0.15, 0.2) is 22.7 Å². The van der Waals surface area contributed by atoms with Crippen LogP contribution in [0.25, 0.3) is 0 Å². The smallest absolute Gasteiger partial charge is 0.127 e. The van der Waals surface area contributed by atoms with Gasteiger partial charge in [-0.2, -0.15) is 0 Å². The van der Waals surface area contributed by atoms with Gasteiger partial charge < -0.3 is 10.5 Å². The molecule has 2 rings (SSSR count). The Kier molecular flexibility index (Phi) is 3.81. The van der Waals surface area contributed by atoms with E-state index in [0.717, 1.165) is 16.5 Å². The number of hydrogen-bond donors (Lipinski definition) is 1. The highest BCUT2D eigenvalue weighted by molar-refractivity contribution is 9.10. The fourth-order valence-electron chi connectivity index (χ4n) is 2.59. The molecule has 2 nitrogen and oxygen atoms in total. The fraction of sp³-hybridized carbons (Fsp3) is 0.571. The summed E-state index contributed by atoms with van der Waals surface area (Å²) >= 11 is 3.41. The third-order valence-electron chi connectivity index (χ3n) is 3.63. The summed E-state index contributed by atoms with van der Waals surface area (Å²) in [6, 6.07) is 5.10. The number of rotatable bonds is 4. The second-order valence-electron chi connectivity index (χ2n) is 5.94. The van der Waals surface area contributed by atoms with Crippen LogP contribution in [-0.4, -0.2) is 19.8 Å². The molecule has 0 unspecified atom stereocenters. The molecule has 0 aliphatic carbocycles. The van der Waals surface area contributed by atoms with Gasteiger partial charge in [0.15, 0.2) is 0 Å². The average Bonchev–Trinajstić information content (AvgIpc) is 2.27. The van der Waals surface area contributed by atoms with Crippen LogP contribution in [0.4, 0.5) is 4.39 Å². The highest BCUT2D eigenvalue weighted by Crippen LogP contribution is 2.43. The summed E-state index contributed by atoms with van der Waals surface area (Å²) in [4.78, 5) is 0. The Morgan fingerprint density at radius 3 is 2.61 bits per heavy atom. The van der Waals surface area contributed by atoms with Gasteiger partial charge in [-0.05, 0) is 42.1 Å². The maximum Gasteiger partial charge on any atom is 0.127 e. The summed E-state index contributed by atoms with van der Waals surface area (Å²) in [5, 5.41) is 0. The van der Waals surface area contributed by atoms with E-state index < -0.39 is 0 Å². The van der Waals surface area contributed by atoms with Gasteiger partial charge in [0.1, 0.15) is 5.82 Å². The number of hydrogen-bond acceptors (Lipinski definition) is 2. The molecule has 4 heteroatoms. The summed E-state index contributed by atoms with van der Waals surface area (Å²) < 4.78 is 20.3. The third-order valence-corrected chi connectivity index (χ3v) is 4.12. The van der Waals surface area contributed by atoms with Crippen LogP contribution in [0, 0.1) is 11.2 Å². The predicted octanol–water partition coefficient (Wildman–Crippen LogP) is 3.23. The topological polar surface area (TPSA) is 35.2 Å². The summed E-state index contributed by atoms with van der Waals surface area (Å²) in [7, 11) is 0. The van der Waals surface area contributed by atoms with Gasteiger partial charge in [-0.25, -0.2) is 4.39 Å². The summed E-state index contributed by atoms with van der Waals surface area (Å²) in [5.74, 6) is -0.158. The highest BCUT2D eigenvalue weighted by Gasteiger charge is 2.45. The van der Waals surface area contributed by atoms with E-state index >= 15 is 0 Å². The van der Waals surface area contributed by atoms with Crippen molar-refractivity contribution in [1.29, 1.82) is 0 Å². The van der Waals surface area contributed by atoms with E-state index in [1.54, 1.807) is 6.07 Å². The molecular weight excluding hydrogens is 297 g/mol. The first-order valence-corrected chi connectivity index (χ1v) is 6.91. The van der Waals surface area contributed by atoms with Crippen molar-refractivity contribution in [2.45, 2.75) is 25.7 Å². The number of halogens is 2. The second kappa shape index (κ2) is 4.91. The number of benzene rings is 1. The molecular formula is C14H19BrFNO. The lowest BCUT2D eigenvalue weighted by Crippen LogP contribution is -2.51. The Bertz CT molecular complexity index is 443. The average molecular weight is 316 g/mol. The molecule has 1 aromatic carbocycles. The molecule has 0 bridgehead atoms. The van der Waals surface area contributed by atoms with Gasteiger partial charge in [0.25, 0.3) is 0 Å². The standard InChI is InChI=1S/C14H19BrFNO/c1-13(2,7-17)6-14(8-18-9-14)11-5-10(15)3-4-12(11)16/h3-5H,6-9,17H2,1-2H3. The lowest BCUT2D eigenvalue weighted by atomic mass is 9.67. The molecule has 1 aliphatic heterocycles. The van der Waals surface area contributed by atoms with E-state index in [4.69, 9.17) is 10.5 Å². The van der Waals surface area contributed by atoms with E-state index in [0.29, 0.717) is 19.8 Å². The van der Waals surface area contributed by atoms with Crippen molar-refractivity contribution in [2.24, 2.45) is 11.1 Å². The zero-order valence-electron chi connectivity index (χ0n) is 10.8. The van der Waals surface area contributed by atoms with Crippen molar-refractivity contribution in [3.05, 3.63) is 34.1 Å². The third kappa shape index (κ3) is 2.60. The molecule has 0 amide bonds. The molecule has 0 spiro atoms. The molecule has 100 valence electrons. The van der Waals surface area contributed by atoms with Crippen LogP contribution in [0.5, 0.6) is 0 Å². The molecule has 0 atom stereocenters. The first-order valence-electron chi connectivity index (χ1n) is 6.12. The summed E-state index contributed by atoms with van der Waals surface area (Å²) in [6.45, 7) is 5.96. The first-order chi connectivity index (χ1) is 8.38. The summed E-state index contributed by atoms with van der Waals surface area (Å²) in [5.41, 5.74) is 6.29. The van der Waals surface area contributed by atoms with Crippen molar-refractivity contribution in [3.8, 4) is 0 Å². The predicted molar refractivity (Wildman–Crippen MR) is 74.0 cm³/mol. The molecule has 1 aliphatic rings. The monoisotopic (exact) mass is 315 g/mol. The van der Waals surface area contributed by atoms with Crippen molar-refractivity contribution in [1.82, 2.24) is 0 Å². The maximum absolute atomic E-state index is 14.1. The highest BCUT2D eigenvalue weighted by atomic mass is 79.9. The van der Waals surface area contributed by atoms with E-state index in [2.05, 4.69) is 29.8 Å². The molecule has 0 aromatic heterocycles. The minimum absolute atomic E-state index is 0.0153. The Hall–Kier alpha value is -0.450. The van der Waals surface area contributed by atoms with Crippen LogP contribution in [0.3, 0.4) is 0 Å². The number of ether oxygens (including phenoxy) is 1. The largest absolute Gasteiger partial charge is 0.379 e. The van der Waals surface area contributed by atoms with Crippen LogP contribution in [0.2, 0.25) is 0 Å². The molecule has 1 heterocycles. The van der Waals surface area contributed by atoms with Gasteiger partial charge in [-0.3, -0.25) is 0 Å². The minimum atomic E-state index is -0.225. The fourth-order valence-corrected chi connectivity index (χ4v) is 2.95. The van der Waals surface area contributed by atoms with Crippen LogP contribution >= 0.6 is 15.9 Å². The lowest BCUT2D eigenvalue weighted by Gasteiger charge is -2.46. The molecule has 0 radical (unpaired) electrons. The van der Waals surface area contributed by atoms with Crippen LogP contribution in [-0.2, 0) is 10.2 Å². The van der Waals surface area contributed by atoms with Gasteiger partial charge in [-0.15, -0.1) is 0 Å². The lowest BCUT2D eigenvalue weighted by molar-refractivity contribution is -0.0801. The Balaban J connectivity index is 2.35. The zero-order chi connectivity index (χ0) is 13.4. The van der Waals surface area contributed by atoms with Gasteiger partial charge in [0.2, 0.25) is 0 Å². The zero-order valence-corrected chi connectivity index (χ0v) is 12.4. The van der Waals surface area contributed by atoms with Gasteiger partial charge >= 0.3 is 0 Å². The molecule has 1 saturated heterocycles. The van der Waals surface area contributed by atoms with E-state index in [9.17, 15) is 4.39 Å². The molecule has 0 saturated carbocycles. The normalized spacial score (nSPS) is 18.5. The van der Waals surface area contributed by atoms with Gasteiger partial charge in [0, 0.05) is 9.89 Å². The summed E-state index contributed by atoms with van der Waals surface area (Å²) in [6.07, 6.45) is 0.837. The van der Waals surface area contributed by atoms with E-state index in [1.807, 2.05) is 6.07 Å². The first kappa shape index (κ1) is 14.0. The van der Waals surface area contributed by atoms with Gasteiger partial charge in [0.05, 0.1) is 13.2 Å². The van der Waals surface area contributed by atoms with Crippen molar-refractivity contribution in [3.63, 3.8) is 0 Å². The number of nitrogens with two attached hydrogens (primary N) is 1. The second-order valence-corrected chi connectivity index (χ2v) is 6.86. The molecule has 18 heavy (non-hydrogen) atoms. The Labute approximate surface area is 116 Å². The molecule has 1 aromatic rings. The van der Waals surface area contributed by atoms with Gasteiger partial charge in [-0.1, -0.05) is 29.8 Å². The van der Waals surface area contributed by atoms with E-state index in [-0.39, 0.29) is 16.6 Å². The quantitative estimate of drug-likeness (QED) is 0.925. The van der Waals surface area contributed by atoms with Crippen molar-refractivity contribution >= 4 is 15.9 Å². The van der Waals surface area contributed by atoms with Crippen molar-refractivity contribution < 1.29 is 9.13 Å². The van der Waals surface area contributed by atoms with Crippen LogP contribution < -0.4 is 5.73 Å². The van der Waals surface area contributed by atoms with Crippen molar-refractivity contribution in [2.75, 3.05) is 19.8 Å². The molecule has 2 N–H and O–H groups in total.